The van der Waals surface area contributed by atoms with Crippen molar-refractivity contribution >= 4 is 76.1 Å². The summed E-state index contributed by atoms with van der Waals surface area (Å²) < 4.78 is 8.89. The van der Waals surface area contributed by atoms with E-state index in [9.17, 15) is 0 Å². The monoisotopic (exact) mass is 676 g/mol. The normalized spacial score (nSPS) is 13.6. The lowest BCUT2D eigenvalue weighted by Crippen LogP contribution is -2.14. The molecule has 11 aromatic rings. The number of furan rings is 1. The number of rotatable bonds is 2. The van der Waals surface area contributed by atoms with E-state index < -0.39 is 0 Å². The fourth-order valence-electron chi connectivity index (χ4n) is 9.72. The first kappa shape index (κ1) is 28.9. The molecule has 53 heavy (non-hydrogen) atoms. The van der Waals surface area contributed by atoms with Crippen molar-refractivity contribution in [2.45, 2.75) is 19.3 Å². The highest BCUT2D eigenvalue weighted by Crippen LogP contribution is 2.57. The lowest BCUT2D eigenvalue weighted by Gasteiger charge is -2.22. The lowest BCUT2D eigenvalue weighted by atomic mass is 9.81. The summed E-state index contributed by atoms with van der Waals surface area (Å²) in [4.78, 5) is 4.70. The van der Waals surface area contributed by atoms with Gasteiger partial charge in [0, 0.05) is 44.4 Å². The molecule has 3 heterocycles. The quantitative estimate of drug-likeness (QED) is 0.171. The van der Waals surface area contributed by atoms with Gasteiger partial charge in [-0.1, -0.05) is 129 Å². The summed E-state index contributed by atoms with van der Waals surface area (Å²) in [6, 6.07) is 53.2. The highest BCUT2D eigenvalue weighted by atomic mass is 16.3. The van der Waals surface area contributed by atoms with Crippen LogP contribution in [0.5, 0.6) is 0 Å². The third kappa shape index (κ3) is 3.71. The zero-order valence-corrected chi connectivity index (χ0v) is 29.3. The fourth-order valence-corrected chi connectivity index (χ4v) is 9.72. The standard InChI is InChI=1S/C50H32N2O/c1-50(2)40-22-21-37-34-15-4-3-13-32(34)33-14-5-6-17-36(33)45(37)47(40)48-41(50)23-24-42-46(48)39-25-26-51-28-43(39)52(42)30-12-9-11-29(27-30)31-18-10-19-38-35-16-7-8-20-44(35)53-49(31)38/h3-28H,1-2H3. The number of benzene rings is 8. The van der Waals surface area contributed by atoms with Crippen molar-refractivity contribution < 1.29 is 4.42 Å². The summed E-state index contributed by atoms with van der Waals surface area (Å²) in [6.07, 6.45) is 3.97. The van der Waals surface area contributed by atoms with Gasteiger partial charge in [-0.05, 0) is 90.5 Å². The van der Waals surface area contributed by atoms with Gasteiger partial charge in [0.25, 0.3) is 0 Å². The van der Waals surface area contributed by atoms with E-state index >= 15 is 0 Å². The fraction of sp³-hybridized carbons (Fsp3) is 0.0600. The summed E-state index contributed by atoms with van der Waals surface area (Å²) >= 11 is 0. The summed E-state index contributed by atoms with van der Waals surface area (Å²) in [5, 5.41) is 12.6. The highest BCUT2D eigenvalue weighted by Gasteiger charge is 2.39. The molecule has 1 aliphatic rings. The molecule has 1 aliphatic carbocycles. The molecule has 0 amide bonds. The van der Waals surface area contributed by atoms with Crippen molar-refractivity contribution in [3.8, 4) is 27.9 Å². The second-order valence-corrected chi connectivity index (χ2v) is 15.1. The molecule has 0 atom stereocenters. The van der Waals surface area contributed by atoms with E-state index in [2.05, 4.69) is 152 Å². The van der Waals surface area contributed by atoms with E-state index in [1.54, 1.807) is 0 Å². The first-order valence-corrected chi connectivity index (χ1v) is 18.4. The third-order valence-corrected chi connectivity index (χ3v) is 12.1. The Hall–Kier alpha value is -6.71. The molecule has 12 rings (SSSR count). The molecular formula is C50H32N2O. The van der Waals surface area contributed by atoms with Crippen molar-refractivity contribution in [2.75, 3.05) is 0 Å². The Labute approximate surface area is 305 Å². The summed E-state index contributed by atoms with van der Waals surface area (Å²) in [5.74, 6) is 0. The Bertz CT molecular complexity index is 3340. The maximum Gasteiger partial charge on any atom is 0.143 e. The maximum absolute atomic E-state index is 6.49. The Kier molecular flexibility index (Phi) is 5.57. The van der Waals surface area contributed by atoms with Crippen LogP contribution in [-0.4, -0.2) is 9.55 Å². The predicted octanol–water partition coefficient (Wildman–Crippen LogP) is 13.5. The van der Waals surface area contributed by atoms with E-state index in [1.807, 2.05) is 24.5 Å². The molecule has 248 valence electrons. The minimum Gasteiger partial charge on any atom is -0.455 e. The SMILES string of the molecule is CC1(C)c2ccc3c4ccccc4c4ccccc4c3c2-c2c1ccc1c2c2ccncc2n1-c1cccc(-c2cccc3c2oc2ccccc23)c1. The molecule has 0 unspecified atom stereocenters. The number of para-hydroxylation sites is 2. The van der Waals surface area contributed by atoms with Crippen LogP contribution in [-0.2, 0) is 5.41 Å². The second-order valence-electron chi connectivity index (χ2n) is 15.1. The first-order chi connectivity index (χ1) is 26.1. The zero-order chi connectivity index (χ0) is 35.0. The maximum atomic E-state index is 6.49. The van der Waals surface area contributed by atoms with Crippen LogP contribution in [0.2, 0.25) is 0 Å². The molecule has 0 N–H and O–H groups in total. The second kappa shape index (κ2) is 10.2. The Morgan fingerprint density at radius 2 is 1.15 bits per heavy atom. The number of fused-ring (bicyclic) bond motifs is 17. The van der Waals surface area contributed by atoms with Gasteiger partial charge in [-0.15, -0.1) is 0 Å². The molecular weight excluding hydrogens is 645 g/mol. The highest BCUT2D eigenvalue weighted by molar-refractivity contribution is 6.31. The Balaban J connectivity index is 1.18. The van der Waals surface area contributed by atoms with E-state index in [4.69, 9.17) is 9.40 Å². The topological polar surface area (TPSA) is 31.0 Å². The van der Waals surface area contributed by atoms with Gasteiger partial charge in [0.15, 0.2) is 0 Å². The van der Waals surface area contributed by atoms with Gasteiger partial charge in [-0.2, -0.15) is 0 Å². The molecule has 0 saturated carbocycles. The van der Waals surface area contributed by atoms with Crippen molar-refractivity contribution in [3.63, 3.8) is 0 Å². The van der Waals surface area contributed by atoms with Crippen LogP contribution in [0.4, 0.5) is 0 Å². The number of nitrogens with zero attached hydrogens (tertiary/aromatic N) is 2. The van der Waals surface area contributed by atoms with E-state index in [-0.39, 0.29) is 5.41 Å². The van der Waals surface area contributed by atoms with E-state index in [0.717, 1.165) is 44.3 Å². The van der Waals surface area contributed by atoms with Gasteiger partial charge >= 0.3 is 0 Å². The number of hydrogen-bond acceptors (Lipinski definition) is 2. The summed E-state index contributed by atoms with van der Waals surface area (Å²) in [5.41, 5.74) is 12.7. The van der Waals surface area contributed by atoms with Crippen molar-refractivity contribution in [2.24, 2.45) is 0 Å². The molecule has 0 bridgehead atoms. The van der Waals surface area contributed by atoms with Crippen LogP contribution < -0.4 is 0 Å². The minimum atomic E-state index is -0.174. The van der Waals surface area contributed by atoms with Crippen molar-refractivity contribution in [1.82, 2.24) is 9.55 Å². The van der Waals surface area contributed by atoms with Crippen LogP contribution in [0.1, 0.15) is 25.0 Å². The van der Waals surface area contributed by atoms with Crippen molar-refractivity contribution in [1.29, 1.82) is 0 Å². The van der Waals surface area contributed by atoms with Crippen LogP contribution in [0.3, 0.4) is 0 Å². The average Bonchev–Trinajstić information content (AvgIpc) is 3.83. The smallest absolute Gasteiger partial charge is 0.143 e. The summed E-state index contributed by atoms with van der Waals surface area (Å²) in [7, 11) is 0. The Morgan fingerprint density at radius 1 is 0.509 bits per heavy atom. The first-order valence-electron chi connectivity index (χ1n) is 18.4. The zero-order valence-electron chi connectivity index (χ0n) is 29.3. The van der Waals surface area contributed by atoms with Gasteiger partial charge < -0.3 is 8.98 Å². The average molecular weight is 677 g/mol. The third-order valence-electron chi connectivity index (χ3n) is 12.1. The van der Waals surface area contributed by atoms with E-state index in [1.165, 1.54) is 70.9 Å². The van der Waals surface area contributed by atoms with Gasteiger partial charge in [-0.3, -0.25) is 4.98 Å². The van der Waals surface area contributed by atoms with Gasteiger partial charge in [0.1, 0.15) is 11.2 Å². The van der Waals surface area contributed by atoms with Crippen LogP contribution in [0.25, 0.3) is 104 Å². The van der Waals surface area contributed by atoms with E-state index in [0.29, 0.717) is 0 Å². The molecule has 3 nitrogen and oxygen atoms in total. The molecule has 0 saturated heterocycles. The molecule has 3 aromatic heterocycles. The number of pyridine rings is 1. The van der Waals surface area contributed by atoms with Gasteiger partial charge in [0.2, 0.25) is 0 Å². The molecule has 0 radical (unpaired) electrons. The predicted molar refractivity (Wildman–Crippen MR) is 221 cm³/mol. The molecule has 0 fully saturated rings. The number of hydrogen-bond donors (Lipinski definition) is 0. The number of aromatic nitrogens is 2. The largest absolute Gasteiger partial charge is 0.455 e. The lowest BCUT2D eigenvalue weighted by molar-refractivity contribution is 0.661. The molecule has 8 aromatic carbocycles. The van der Waals surface area contributed by atoms with Gasteiger partial charge in [-0.25, -0.2) is 0 Å². The van der Waals surface area contributed by atoms with Crippen LogP contribution in [0.15, 0.2) is 162 Å². The molecule has 0 spiro atoms. The van der Waals surface area contributed by atoms with Gasteiger partial charge in [0.05, 0.1) is 17.2 Å². The molecule has 3 heteroatoms. The Morgan fingerprint density at radius 3 is 1.96 bits per heavy atom. The van der Waals surface area contributed by atoms with Crippen molar-refractivity contribution in [3.05, 3.63) is 169 Å². The molecule has 0 aliphatic heterocycles. The summed E-state index contributed by atoms with van der Waals surface area (Å²) in [6.45, 7) is 4.78. The minimum absolute atomic E-state index is 0.174. The van der Waals surface area contributed by atoms with Crippen LogP contribution in [0, 0.1) is 0 Å². The van der Waals surface area contributed by atoms with Crippen LogP contribution >= 0.6 is 0 Å².